The first-order chi connectivity index (χ1) is 9.72. The molecule has 2 aromatic rings. The maximum absolute atomic E-state index is 9.01. The van der Waals surface area contributed by atoms with Crippen LogP contribution in [0.1, 0.15) is 29.7 Å². The largest absolute Gasteiger partial charge is 0.392 e. The van der Waals surface area contributed by atoms with Crippen molar-refractivity contribution in [3.8, 4) is 0 Å². The van der Waals surface area contributed by atoms with E-state index in [1.807, 2.05) is 43.3 Å². The number of nitrogens with one attached hydrogen (secondary N) is 1. The van der Waals surface area contributed by atoms with Gasteiger partial charge < -0.3 is 15.2 Å². The summed E-state index contributed by atoms with van der Waals surface area (Å²) >= 11 is 0. The average Bonchev–Trinajstić information content (AvgIpc) is 2.53. The topological polar surface area (TPSA) is 41.5 Å². The predicted molar refractivity (Wildman–Crippen MR) is 81.6 cm³/mol. The van der Waals surface area contributed by atoms with E-state index in [9.17, 15) is 0 Å². The maximum Gasteiger partial charge on any atom is 0.0793 e. The van der Waals surface area contributed by atoms with Crippen LogP contribution in [0, 0.1) is 0 Å². The summed E-state index contributed by atoms with van der Waals surface area (Å²) in [5.74, 6) is 0. The summed E-state index contributed by atoms with van der Waals surface area (Å²) in [7, 11) is 1.72. The third kappa shape index (κ3) is 3.83. The molecule has 0 saturated heterocycles. The average molecular weight is 271 g/mol. The highest BCUT2D eigenvalue weighted by Gasteiger charge is 2.04. The number of aliphatic hydroxyl groups is 1. The van der Waals surface area contributed by atoms with Crippen molar-refractivity contribution in [2.75, 3.05) is 12.4 Å². The molecule has 1 atom stereocenters. The standard InChI is InChI=1S/C17H21NO2/c1-13(20-2)16-4-3-5-17(10-16)18-11-14-6-8-15(12-19)9-7-14/h3-10,13,18-19H,11-12H2,1-2H3. The van der Waals surface area contributed by atoms with Gasteiger partial charge in [0, 0.05) is 19.3 Å². The molecule has 0 heterocycles. The number of methoxy groups -OCH3 is 1. The van der Waals surface area contributed by atoms with E-state index >= 15 is 0 Å². The molecule has 0 bridgehead atoms. The van der Waals surface area contributed by atoms with E-state index in [0.717, 1.165) is 23.4 Å². The number of rotatable bonds is 6. The van der Waals surface area contributed by atoms with E-state index in [2.05, 4.69) is 17.4 Å². The van der Waals surface area contributed by atoms with Gasteiger partial charge in [-0.2, -0.15) is 0 Å². The van der Waals surface area contributed by atoms with E-state index < -0.39 is 0 Å². The fourth-order valence-electron chi connectivity index (χ4n) is 2.00. The Labute approximate surface area is 120 Å². The molecule has 106 valence electrons. The second-order valence-electron chi connectivity index (χ2n) is 4.83. The SMILES string of the molecule is COC(C)c1cccc(NCc2ccc(CO)cc2)c1. The van der Waals surface area contributed by atoms with Crippen molar-refractivity contribution in [1.82, 2.24) is 0 Å². The van der Waals surface area contributed by atoms with Gasteiger partial charge in [-0.3, -0.25) is 0 Å². The first-order valence-corrected chi connectivity index (χ1v) is 6.78. The molecule has 0 amide bonds. The Morgan fingerprint density at radius 1 is 1.10 bits per heavy atom. The van der Waals surface area contributed by atoms with E-state index in [1.54, 1.807) is 7.11 Å². The molecule has 0 aliphatic rings. The Balaban J connectivity index is 1.99. The summed E-state index contributed by atoms with van der Waals surface area (Å²) < 4.78 is 5.33. The van der Waals surface area contributed by atoms with Crippen LogP contribution in [0.15, 0.2) is 48.5 Å². The van der Waals surface area contributed by atoms with Gasteiger partial charge in [0.15, 0.2) is 0 Å². The minimum Gasteiger partial charge on any atom is -0.392 e. The summed E-state index contributed by atoms with van der Waals surface area (Å²) in [6.07, 6.45) is 0.0978. The minimum absolute atomic E-state index is 0.0880. The van der Waals surface area contributed by atoms with Gasteiger partial charge in [0.25, 0.3) is 0 Å². The monoisotopic (exact) mass is 271 g/mol. The minimum atomic E-state index is 0.0880. The third-order valence-corrected chi connectivity index (χ3v) is 3.41. The Morgan fingerprint density at radius 3 is 2.45 bits per heavy atom. The second-order valence-corrected chi connectivity index (χ2v) is 4.83. The lowest BCUT2D eigenvalue weighted by atomic mass is 10.1. The molecule has 0 spiro atoms. The van der Waals surface area contributed by atoms with Gasteiger partial charge in [-0.15, -0.1) is 0 Å². The van der Waals surface area contributed by atoms with Crippen molar-refractivity contribution in [2.45, 2.75) is 26.2 Å². The molecule has 0 saturated carbocycles. The van der Waals surface area contributed by atoms with E-state index in [4.69, 9.17) is 9.84 Å². The summed E-state index contributed by atoms with van der Waals surface area (Å²) in [4.78, 5) is 0. The highest BCUT2D eigenvalue weighted by molar-refractivity contribution is 5.46. The zero-order valence-electron chi connectivity index (χ0n) is 12.0. The molecule has 1 unspecified atom stereocenters. The van der Waals surface area contributed by atoms with Crippen LogP contribution in [0.3, 0.4) is 0 Å². The predicted octanol–water partition coefficient (Wildman–Crippen LogP) is 3.50. The smallest absolute Gasteiger partial charge is 0.0793 e. The van der Waals surface area contributed by atoms with Crippen LogP contribution in [0.25, 0.3) is 0 Å². The highest BCUT2D eigenvalue weighted by Crippen LogP contribution is 2.20. The van der Waals surface area contributed by atoms with Crippen molar-refractivity contribution in [3.63, 3.8) is 0 Å². The lowest BCUT2D eigenvalue weighted by molar-refractivity contribution is 0.119. The van der Waals surface area contributed by atoms with E-state index in [-0.39, 0.29) is 12.7 Å². The van der Waals surface area contributed by atoms with Gasteiger partial charge in [-0.05, 0) is 35.7 Å². The summed E-state index contributed by atoms with van der Waals surface area (Å²) in [5, 5.41) is 12.4. The van der Waals surface area contributed by atoms with Crippen molar-refractivity contribution >= 4 is 5.69 Å². The molecule has 3 nitrogen and oxygen atoms in total. The number of aliphatic hydroxyl groups excluding tert-OH is 1. The van der Waals surface area contributed by atoms with Crippen LogP contribution in [-0.2, 0) is 17.9 Å². The van der Waals surface area contributed by atoms with Gasteiger partial charge in [-0.25, -0.2) is 0 Å². The van der Waals surface area contributed by atoms with Gasteiger partial charge in [0.2, 0.25) is 0 Å². The zero-order chi connectivity index (χ0) is 14.4. The molecule has 20 heavy (non-hydrogen) atoms. The van der Waals surface area contributed by atoms with Gasteiger partial charge >= 0.3 is 0 Å². The Kier molecular flexibility index (Phi) is 5.16. The van der Waals surface area contributed by atoms with Crippen molar-refractivity contribution in [2.24, 2.45) is 0 Å². The zero-order valence-corrected chi connectivity index (χ0v) is 12.0. The molecule has 2 rings (SSSR count). The summed E-state index contributed by atoms with van der Waals surface area (Å²) in [6.45, 7) is 2.88. The van der Waals surface area contributed by atoms with Crippen LogP contribution in [-0.4, -0.2) is 12.2 Å². The van der Waals surface area contributed by atoms with Crippen LogP contribution >= 0.6 is 0 Å². The molecule has 2 aromatic carbocycles. The molecule has 0 aromatic heterocycles. The van der Waals surface area contributed by atoms with Crippen LogP contribution in [0.4, 0.5) is 5.69 Å². The normalized spacial score (nSPS) is 12.2. The Hall–Kier alpha value is -1.84. The Bertz CT molecular complexity index is 537. The lowest BCUT2D eigenvalue weighted by Gasteiger charge is -2.12. The molecule has 0 aliphatic heterocycles. The first kappa shape index (κ1) is 14.6. The fraction of sp³-hybridized carbons (Fsp3) is 0.294. The van der Waals surface area contributed by atoms with E-state index in [1.165, 1.54) is 5.56 Å². The number of ether oxygens (including phenoxy) is 1. The molecule has 0 fully saturated rings. The van der Waals surface area contributed by atoms with Crippen LogP contribution in [0.5, 0.6) is 0 Å². The number of hydrogen-bond donors (Lipinski definition) is 2. The van der Waals surface area contributed by atoms with Gasteiger partial charge in [0.1, 0.15) is 0 Å². The molecule has 0 radical (unpaired) electrons. The van der Waals surface area contributed by atoms with Gasteiger partial charge in [0.05, 0.1) is 12.7 Å². The molecule has 0 aliphatic carbocycles. The Morgan fingerprint density at radius 2 is 1.80 bits per heavy atom. The maximum atomic E-state index is 9.01. The van der Waals surface area contributed by atoms with Crippen molar-refractivity contribution < 1.29 is 9.84 Å². The van der Waals surface area contributed by atoms with Gasteiger partial charge in [-0.1, -0.05) is 36.4 Å². The molecule has 2 N–H and O–H groups in total. The molecular formula is C17H21NO2. The van der Waals surface area contributed by atoms with E-state index in [0.29, 0.717) is 0 Å². The second kappa shape index (κ2) is 7.08. The van der Waals surface area contributed by atoms with Crippen LogP contribution in [0.2, 0.25) is 0 Å². The summed E-state index contributed by atoms with van der Waals surface area (Å²) in [5.41, 5.74) is 4.36. The first-order valence-electron chi connectivity index (χ1n) is 6.78. The molecule has 3 heteroatoms. The van der Waals surface area contributed by atoms with Crippen molar-refractivity contribution in [3.05, 3.63) is 65.2 Å². The highest BCUT2D eigenvalue weighted by atomic mass is 16.5. The molecular weight excluding hydrogens is 250 g/mol. The number of benzene rings is 2. The summed E-state index contributed by atoms with van der Waals surface area (Å²) in [6, 6.07) is 16.2. The van der Waals surface area contributed by atoms with Crippen molar-refractivity contribution in [1.29, 1.82) is 0 Å². The number of hydrogen-bond acceptors (Lipinski definition) is 3. The van der Waals surface area contributed by atoms with Crippen LogP contribution < -0.4 is 5.32 Å². The fourth-order valence-corrected chi connectivity index (χ4v) is 2.00. The lowest BCUT2D eigenvalue weighted by Crippen LogP contribution is -2.01. The third-order valence-electron chi connectivity index (χ3n) is 3.41. The quantitative estimate of drug-likeness (QED) is 0.845. The number of anilines is 1.